The lowest BCUT2D eigenvalue weighted by molar-refractivity contribution is -0.103. The number of hydrogen-bond acceptors (Lipinski definition) is 2. The highest BCUT2D eigenvalue weighted by atomic mass is 16.5. The third-order valence-electron chi connectivity index (χ3n) is 1.75. The normalized spacial score (nSPS) is 34.3. The summed E-state index contributed by atoms with van der Waals surface area (Å²) in [6.45, 7) is 4.62. The van der Waals surface area contributed by atoms with Crippen molar-refractivity contribution in [3.8, 4) is 0 Å². The standard InChI is InChI=1S/C7H14O2/c1-7(2)4-3-6(8)5-9-7/h6,8H,3-5H2,1-2H3/t6-/m1/s1. The topological polar surface area (TPSA) is 29.5 Å². The van der Waals surface area contributed by atoms with Gasteiger partial charge in [0.25, 0.3) is 0 Å². The van der Waals surface area contributed by atoms with Crippen LogP contribution in [-0.4, -0.2) is 23.4 Å². The van der Waals surface area contributed by atoms with Crippen LogP contribution in [0.5, 0.6) is 0 Å². The summed E-state index contributed by atoms with van der Waals surface area (Å²) in [5.74, 6) is 0. The molecule has 0 bridgehead atoms. The van der Waals surface area contributed by atoms with E-state index >= 15 is 0 Å². The van der Waals surface area contributed by atoms with E-state index in [1.165, 1.54) is 0 Å². The van der Waals surface area contributed by atoms with Gasteiger partial charge in [-0.05, 0) is 26.7 Å². The Morgan fingerprint density at radius 3 is 2.56 bits per heavy atom. The lowest BCUT2D eigenvalue weighted by Crippen LogP contribution is -2.35. The lowest BCUT2D eigenvalue weighted by Gasteiger charge is -2.32. The predicted molar refractivity (Wildman–Crippen MR) is 35.3 cm³/mol. The van der Waals surface area contributed by atoms with Gasteiger partial charge in [-0.3, -0.25) is 0 Å². The Hall–Kier alpha value is -0.0800. The Morgan fingerprint density at radius 1 is 1.56 bits per heavy atom. The van der Waals surface area contributed by atoms with Gasteiger partial charge in [-0.15, -0.1) is 0 Å². The molecule has 1 saturated heterocycles. The van der Waals surface area contributed by atoms with Gasteiger partial charge in [-0.1, -0.05) is 0 Å². The molecule has 1 aliphatic heterocycles. The molecule has 0 aliphatic carbocycles. The quantitative estimate of drug-likeness (QED) is 0.528. The molecule has 1 N–H and O–H groups in total. The van der Waals surface area contributed by atoms with Gasteiger partial charge in [0.05, 0.1) is 18.3 Å². The van der Waals surface area contributed by atoms with E-state index in [1.807, 2.05) is 0 Å². The molecule has 1 heterocycles. The Balaban J connectivity index is 2.35. The fourth-order valence-corrected chi connectivity index (χ4v) is 0.992. The minimum absolute atomic E-state index is 0.000764. The summed E-state index contributed by atoms with van der Waals surface area (Å²) in [6, 6.07) is 0. The highest BCUT2D eigenvalue weighted by Crippen LogP contribution is 2.23. The van der Waals surface area contributed by atoms with Crippen LogP contribution in [0, 0.1) is 0 Å². The Kier molecular flexibility index (Phi) is 1.78. The van der Waals surface area contributed by atoms with Crippen molar-refractivity contribution in [3.63, 3.8) is 0 Å². The zero-order chi connectivity index (χ0) is 6.91. The van der Waals surface area contributed by atoms with Crippen LogP contribution in [0.25, 0.3) is 0 Å². The van der Waals surface area contributed by atoms with Crippen molar-refractivity contribution in [2.75, 3.05) is 6.61 Å². The van der Waals surface area contributed by atoms with Gasteiger partial charge in [-0.2, -0.15) is 0 Å². The highest BCUT2D eigenvalue weighted by Gasteiger charge is 2.25. The summed E-state index contributed by atoms with van der Waals surface area (Å²) >= 11 is 0. The van der Waals surface area contributed by atoms with E-state index in [0.717, 1.165) is 12.8 Å². The SMILES string of the molecule is CC1(C)CC[C@@H](O)CO1. The molecule has 1 rings (SSSR count). The maximum Gasteiger partial charge on any atom is 0.0775 e. The lowest BCUT2D eigenvalue weighted by atomic mass is 9.97. The number of aliphatic hydroxyl groups excluding tert-OH is 1. The summed E-state index contributed by atoms with van der Waals surface area (Å²) in [5, 5.41) is 9.02. The molecule has 0 aromatic carbocycles. The third-order valence-corrected chi connectivity index (χ3v) is 1.75. The second kappa shape index (κ2) is 2.27. The molecule has 0 spiro atoms. The van der Waals surface area contributed by atoms with E-state index < -0.39 is 0 Å². The fourth-order valence-electron chi connectivity index (χ4n) is 0.992. The predicted octanol–water partition coefficient (Wildman–Crippen LogP) is 0.936. The average molecular weight is 130 g/mol. The summed E-state index contributed by atoms with van der Waals surface area (Å²) in [5.41, 5.74) is -0.000764. The molecule has 2 heteroatoms. The fraction of sp³-hybridized carbons (Fsp3) is 1.00. The first-order chi connectivity index (χ1) is 4.10. The summed E-state index contributed by atoms with van der Waals surface area (Å²) in [6.07, 6.45) is 1.62. The number of aliphatic hydroxyl groups is 1. The molecule has 0 unspecified atom stereocenters. The summed E-state index contributed by atoms with van der Waals surface area (Å²) in [7, 11) is 0. The molecule has 1 aliphatic rings. The largest absolute Gasteiger partial charge is 0.391 e. The van der Waals surface area contributed by atoms with Gasteiger partial charge in [0.2, 0.25) is 0 Å². The van der Waals surface area contributed by atoms with Crippen LogP contribution in [0.4, 0.5) is 0 Å². The first-order valence-corrected chi connectivity index (χ1v) is 3.42. The Bertz CT molecular complexity index is 89.1. The van der Waals surface area contributed by atoms with Crippen molar-refractivity contribution in [3.05, 3.63) is 0 Å². The van der Waals surface area contributed by atoms with Gasteiger partial charge in [0, 0.05) is 0 Å². The van der Waals surface area contributed by atoms with Crippen LogP contribution in [0.3, 0.4) is 0 Å². The van der Waals surface area contributed by atoms with Crippen molar-refractivity contribution < 1.29 is 9.84 Å². The van der Waals surface area contributed by atoms with E-state index in [2.05, 4.69) is 13.8 Å². The van der Waals surface area contributed by atoms with E-state index in [9.17, 15) is 0 Å². The van der Waals surface area contributed by atoms with Crippen molar-refractivity contribution >= 4 is 0 Å². The molecule has 0 saturated carbocycles. The molecule has 54 valence electrons. The second-order valence-electron chi connectivity index (χ2n) is 3.26. The molecule has 1 atom stereocenters. The maximum atomic E-state index is 9.02. The number of ether oxygens (including phenoxy) is 1. The Morgan fingerprint density at radius 2 is 2.22 bits per heavy atom. The molecular weight excluding hydrogens is 116 g/mol. The first-order valence-electron chi connectivity index (χ1n) is 3.42. The highest BCUT2D eigenvalue weighted by molar-refractivity contribution is 4.76. The number of hydrogen-bond donors (Lipinski definition) is 1. The van der Waals surface area contributed by atoms with Crippen molar-refractivity contribution in [2.45, 2.75) is 38.4 Å². The van der Waals surface area contributed by atoms with Crippen LogP contribution in [0.15, 0.2) is 0 Å². The minimum atomic E-state index is -0.224. The first kappa shape index (κ1) is 7.03. The van der Waals surface area contributed by atoms with Crippen LogP contribution in [0.2, 0.25) is 0 Å². The summed E-state index contributed by atoms with van der Waals surface area (Å²) < 4.78 is 5.33. The molecule has 0 aromatic rings. The maximum absolute atomic E-state index is 9.02. The third kappa shape index (κ3) is 1.95. The van der Waals surface area contributed by atoms with Crippen LogP contribution in [0.1, 0.15) is 26.7 Å². The van der Waals surface area contributed by atoms with Gasteiger partial charge in [0.15, 0.2) is 0 Å². The zero-order valence-corrected chi connectivity index (χ0v) is 6.05. The van der Waals surface area contributed by atoms with Gasteiger partial charge in [-0.25, -0.2) is 0 Å². The molecule has 0 amide bonds. The molecule has 1 fully saturated rings. The molecule has 9 heavy (non-hydrogen) atoms. The van der Waals surface area contributed by atoms with E-state index in [-0.39, 0.29) is 11.7 Å². The van der Waals surface area contributed by atoms with Crippen LogP contribution >= 0.6 is 0 Å². The molecule has 0 aromatic heterocycles. The van der Waals surface area contributed by atoms with E-state index in [4.69, 9.17) is 9.84 Å². The van der Waals surface area contributed by atoms with Gasteiger partial charge < -0.3 is 9.84 Å². The van der Waals surface area contributed by atoms with Crippen molar-refractivity contribution in [1.82, 2.24) is 0 Å². The monoisotopic (exact) mass is 130 g/mol. The molecule has 0 radical (unpaired) electrons. The van der Waals surface area contributed by atoms with E-state index in [1.54, 1.807) is 0 Å². The average Bonchev–Trinajstić information content (AvgIpc) is 1.78. The van der Waals surface area contributed by atoms with Crippen molar-refractivity contribution in [2.24, 2.45) is 0 Å². The Labute approximate surface area is 55.8 Å². The van der Waals surface area contributed by atoms with Crippen molar-refractivity contribution in [1.29, 1.82) is 0 Å². The zero-order valence-electron chi connectivity index (χ0n) is 6.05. The minimum Gasteiger partial charge on any atom is -0.391 e. The second-order valence-corrected chi connectivity index (χ2v) is 3.26. The van der Waals surface area contributed by atoms with E-state index in [0.29, 0.717) is 6.61 Å². The number of rotatable bonds is 0. The smallest absolute Gasteiger partial charge is 0.0775 e. The molecular formula is C7H14O2. The summed E-state index contributed by atoms with van der Waals surface area (Å²) in [4.78, 5) is 0. The van der Waals surface area contributed by atoms with Gasteiger partial charge >= 0.3 is 0 Å². The van der Waals surface area contributed by atoms with Gasteiger partial charge in [0.1, 0.15) is 0 Å². The molecule has 2 nitrogen and oxygen atoms in total. The van der Waals surface area contributed by atoms with Crippen LogP contribution < -0.4 is 0 Å². The van der Waals surface area contributed by atoms with Crippen LogP contribution in [-0.2, 0) is 4.74 Å².